The SMILES string of the molecule is COc1cc(Cl)cc(C=C2C(=O)N(c3ccccc3)C(=O)N(c3ccccc3)C2=O)c1. The predicted molar refractivity (Wildman–Crippen MR) is 119 cm³/mol. The highest BCUT2D eigenvalue weighted by molar-refractivity contribution is 6.46. The van der Waals surface area contributed by atoms with E-state index in [9.17, 15) is 14.4 Å². The maximum Gasteiger partial charge on any atom is 0.343 e. The summed E-state index contributed by atoms with van der Waals surface area (Å²) in [5.41, 5.74) is 1.05. The van der Waals surface area contributed by atoms with Crippen molar-refractivity contribution in [3.8, 4) is 5.75 Å². The summed E-state index contributed by atoms with van der Waals surface area (Å²) in [6.07, 6.45) is 1.41. The van der Waals surface area contributed by atoms with Crippen molar-refractivity contribution in [1.29, 1.82) is 0 Å². The third kappa shape index (κ3) is 3.93. The second-order valence-corrected chi connectivity index (χ2v) is 7.15. The number of hydrogen-bond acceptors (Lipinski definition) is 4. The van der Waals surface area contributed by atoms with E-state index in [2.05, 4.69) is 0 Å². The van der Waals surface area contributed by atoms with Gasteiger partial charge in [0.1, 0.15) is 11.3 Å². The van der Waals surface area contributed by atoms with Crippen LogP contribution in [0.15, 0.2) is 84.4 Å². The van der Waals surface area contributed by atoms with E-state index in [0.717, 1.165) is 9.80 Å². The third-order valence-corrected chi connectivity index (χ3v) is 4.94. The Morgan fingerprint density at radius 2 is 1.29 bits per heavy atom. The number of benzene rings is 3. The van der Waals surface area contributed by atoms with Gasteiger partial charge in [-0.25, -0.2) is 14.6 Å². The number of nitrogens with zero attached hydrogens (tertiary/aromatic N) is 2. The zero-order valence-electron chi connectivity index (χ0n) is 16.5. The van der Waals surface area contributed by atoms with Crippen LogP contribution in [0.2, 0.25) is 5.02 Å². The van der Waals surface area contributed by atoms with Gasteiger partial charge in [0, 0.05) is 5.02 Å². The molecule has 0 radical (unpaired) electrons. The largest absolute Gasteiger partial charge is 0.497 e. The molecular formula is C24H17ClN2O4. The van der Waals surface area contributed by atoms with Crippen LogP contribution in [0.5, 0.6) is 5.75 Å². The summed E-state index contributed by atoms with van der Waals surface area (Å²) in [5, 5.41) is 0.387. The topological polar surface area (TPSA) is 66.9 Å². The molecule has 1 heterocycles. The van der Waals surface area contributed by atoms with E-state index >= 15 is 0 Å². The molecule has 3 aromatic rings. The van der Waals surface area contributed by atoms with Gasteiger partial charge in [0.2, 0.25) is 0 Å². The van der Waals surface area contributed by atoms with Crippen LogP contribution in [0.3, 0.4) is 0 Å². The molecule has 0 bridgehead atoms. The molecular weight excluding hydrogens is 416 g/mol. The summed E-state index contributed by atoms with van der Waals surface area (Å²) in [7, 11) is 1.49. The minimum absolute atomic E-state index is 0.170. The second kappa shape index (κ2) is 8.45. The third-order valence-electron chi connectivity index (χ3n) is 4.72. The van der Waals surface area contributed by atoms with Gasteiger partial charge in [0.25, 0.3) is 11.8 Å². The maximum absolute atomic E-state index is 13.3. The van der Waals surface area contributed by atoms with Crippen LogP contribution < -0.4 is 14.5 Å². The summed E-state index contributed by atoms with van der Waals surface area (Å²) in [6, 6.07) is 21.1. The highest BCUT2D eigenvalue weighted by Crippen LogP contribution is 2.30. The highest BCUT2D eigenvalue weighted by atomic mass is 35.5. The van der Waals surface area contributed by atoms with Gasteiger partial charge >= 0.3 is 6.03 Å². The average Bonchev–Trinajstić information content (AvgIpc) is 2.78. The molecule has 3 aromatic carbocycles. The van der Waals surface area contributed by atoms with Crippen molar-refractivity contribution < 1.29 is 19.1 Å². The lowest BCUT2D eigenvalue weighted by molar-refractivity contribution is -0.121. The number of methoxy groups -OCH3 is 1. The van der Waals surface area contributed by atoms with E-state index in [1.165, 1.54) is 13.2 Å². The van der Waals surface area contributed by atoms with Crippen LogP contribution in [0.4, 0.5) is 16.2 Å². The van der Waals surface area contributed by atoms with Gasteiger partial charge in [-0.05, 0) is 54.1 Å². The quantitative estimate of drug-likeness (QED) is 0.433. The Hall–Kier alpha value is -3.90. The number of urea groups is 1. The summed E-state index contributed by atoms with van der Waals surface area (Å²) in [4.78, 5) is 41.8. The summed E-state index contributed by atoms with van der Waals surface area (Å²) in [6.45, 7) is 0. The van der Waals surface area contributed by atoms with Crippen molar-refractivity contribution in [2.75, 3.05) is 16.9 Å². The predicted octanol–water partition coefficient (Wildman–Crippen LogP) is 4.93. The summed E-state index contributed by atoms with van der Waals surface area (Å²) < 4.78 is 5.22. The molecule has 0 spiro atoms. The molecule has 6 nitrogen and oxygen atoms in total. The normalized spacial score (nSPS) is 14.1. The minimum Gasteiger partial charge on any atom is -0.497 e. The van der Waals surface area contributed by atoms with Gasteiger partial charge in [-0.1, -0.05) is 48.0 Å². The first-order valence-corrected chi connectivity index (χ1v) is 9.76. The van der Waals surface area contributed by atoms with Gasteiger partial charge in [0.15, 0.2) is 0 Å². The van der Waals surface area contributed by atoms with Crippen LogP contribution in [0.25, 0.3) is 6.08 Å². The number of carbonyl (C=O) groups excluding carboxylic acids is 3. The number of anilines is 2. The fourth-order valence-electron chi connectivity index (χ4n) is 3.29. The lowest BCUT2D eigenvalue weighted by Gasteiger charge is -2.33. The number of amides is 4. The molecule has 4 rings (SSSR count). The molecule has 1 aliphatic rings. The zero-order valence-corrected chi connectivity index (χ0v) is 17.2. The van der Waals surface area contributed by atoms with Crippen molar-refractivity contribution in [2.24, 2.45) is 0 Å². The fourth-order valence-corrected chi connectivity index (χ4v) is 3.52. The molecule has 0 saturated carbocycles. The van der Waals surface area contributed by atoms with Gasteiger partial charge in [0.05, 0.1) is 18.5 Å². The van der Waals surface area contributed by atoms with E-state index in [1.807, 2.05) is 0 Å². The number of barbiturate groups is 1. The number of carbonyl (C=O) groups is 3. The van der Waals surface area contributed by atoms with Crippen LogP contribution in [-0.4, -0.2) is 25.0 Å². The average molecular weight is 433 g/mol. The molecule has 4 amide bonds. The number of para-hydroxylation sites is 2. The smallest absolute Gasteiger partial charge is 0.343 e. The minimum atomic E-state index is -0.742. The van der Waals surface area contributed by atoms with E-state index in [0.29, 0.717) is 27.7 Å². The van der Waals surface area contributed by atoms with Gasteiger partial charge < -0.3 is 4.74 Å². The van der Waals surface area contributed by atoms with E-state index < -0.39 is 17.8 Å². The Morgan fingerprint density at radius 1 is 0.774 bits per heavy atom. The number of hydrogen-bond donors (Lipinski definition) is 0. The Bertz CT molecular complexity index is 1130. The van der Waals surface area contributed by atoms with Crippen LogP contribution in [-0.2, 0) is 9.59 Å². The standard InChI is InChI=1S/C24H17ClN2O4/c1-31-20-13-16(12-17(25)15-20)14-21-22(28)26(18-8-4-2-5-9-18)24(30)27(23(21)29)19-10-6-3-7-11-19/h2-15H,1H3. The summed E-state index contributed by atoms with van der Waals surface area (Å²) in [5.74, 6) is -0.953. The summed E-state index contributed by atoms with van der Waals surface area (Å²) >= 11 is 6.14. The van der Waals surface area contributed by atoms with Gasteiger partial charge in [-0.15, -0.1) is 0 Å². The number of imide groups is 2. The van der Waals surface area contributed by atoms with Crippen molar-refractivity contribution in [2.45, 2.75) is 0 Å². The molecule has 0 aromatic heterocycles. The molecule has 1 aliphatic heterocycles. The van der Waals surface area contributed by atoms with Gasteiger partial charge in [-0.3, -0.25) is 9.59 Å². The molecule has 154 valence electrons. The van der Waals surface area contributed by atoms with Crippen molar-refractivity contribution in [1.82, 2.24) is 0 Å². The van der Waals surface area contributed by atoms with E-state index in [1.54, 1.807) is 78.9 Å². The van der Waals surface area contributed by atoms with Crippen molar-refractivity contribution in [3.63, 3.8) is 0 Å². The maximum atomic E-state index is 13.3. The molecule has 31 heavy (non-hydrogen) atoms. The monoisotopic (exact) mass is 432 g/mol. The molecule has 0 aliphatic carbocycles. The van der Waals surface area contributed by atoms with Gasteiger partial charge in [-0.2, -0.15) is 0 Å². The van der Waals surface area contributed by atoms with E-state index in [4.69, 9.17) is 16.3 Å². The lowest BCUT2D eigenvalue weighted by atomic mass is 10.0. The molecule has 0 N–H and O–H groups in total. The van der Waals surface area contributed by atoms with Crippen LogP contribution in [0.1, 0.15) is 5.56 Å². The number of halogens is 1. The number of rotatable bonds is 4. The molecule has 1 saturated heterocycles. The Labute approximate surface area is 183 Å². The molecule has 1 fully saturated rings. The Balaban J connectivity index is 1.87. The molecule has 0 unspecified atom stereocenters. The molecule has 0 atom stereocenters. The fraction of sp³-hybridized carbons (Fsp3) is 0.0417. The number of ether oxygens (including phenoxy) is 1. The van der Waals surface area contributed by atoms with Crippen molar-refractivity contribution in [3.05, 3.63) is 95.0 Å². The second-order valence-electron chi connectivity index (χ2n) is 6.72. The first kappa shape index (κ1) is 20.4. The Morgan fingerprint density at radius 3 is 1.77 bits per heavy atom. The Kier molecular flexibility index (Phi) is 5.56. The first-order valence-electron chi connectivity index (χ1n) is 9.39. The van der Waals surface area contributed by atoms with Crippen molar-refractivity contribution >= 4 is 46.9 Å². The zero-order chi connectivity index (χ0) is 22.0. The lowest BCUT2D eigenvalue weighted by Crippen LogP contribution is -2.57. The molecule has 7 heteroatoms. The van der Waals surface area contributed by atoms with E-state index in [-0.39, 0.29) is 5.57 Å². The highest BCUT2D eigenvalue weighted by Gasteiger charge is 2.43. The van der Waals surface area contributed by atoms with Crippen LogP contribution in [0, 0.1) is 0 Å². The van der Waals surface area contributed by atoms with Crippen LogP contribution >= 0.6 is 11.6 Å². The first-order chi connectivity index (χ1) is 15.0.